The van der Waals surface area contributed by atoms with Crippen LogP contribution < -0.4 is 10.6 Å². The molecule has 148 valence electrons. The largest absolute Gasteiger partial charge is 0.381 e. The molecule has 1 fully saturated rings. The lowest BCUT2D eigenvalue weighted by atomic mass is 10.1. The number of nitrogens with zero attached hydrogens (tertiary/aromatic N) is 4. The Morgan fingerprint density at radius 1 is 1.38 bits per heavy atom. The summed E-state index contributed by atoms with van der Waals surface area (Å²) in [5.74, 6) is 1.13. The van der Waals surface area contributed by atoms with Crippen molar-refractivity contribution in [2.45, 2.75) is 26.8 Å². The standard InChI is InChI=1S/C17H30N6O2.HI/c1-12-15(13(2)23(5)21-12)9-19-17(20-10-16(24)22(3)4)18-8-14-6-7-25-11-14;/h14H,6-11H2,1-5H3,(H2,18,19,20);1H. The Hall–Kier alpha value is -1.36. The third-order valence-corrected chi connectivity index (χ3v) is 4.54. The highest BCUT2D eigenvalue weighted by Crippen LogP contribution is 2.13. The second-order valence-corrected chi connectivity index (χ2v) is 6.69. The van der Waals surface area contributed by atoms with E-state index in [4.69, 9.17) is 4.74 Å². The predicted molar refractivity (Wildman–Crippen MR) is 113 cm³/mol. The average molecular weight is 478 g/mol. The van der Waals surface area contributed by atoms with Crippen molar-refractivity contribution in [1.29, 1.82) is 0 Å². The zero-order chi connectivity index (χ0) is 18.4. The Kier molecular flexibility index (Phi) is 9.34. The van der Waals surface area contributed by atoms with E-state index >= 15 is 0 Å². The van der Waals surface area contributed by atoms with Crippen LogP contribution in [-0.4, -0.2) is 66.9 Å². The molecule has 0 saturated carbocycles. The van der Waals surface area contributed by atoms with Crippen LogP contribution >= 0.6 is 24.0 Å². The van der Waals surface area contributed by atoms with E-state index in [0.29, 0.717) is 18.4 Å². The van der Waals surface area contributed by atoms with Gasteiger partial charge in [-0.25, -0.2) is 4.99 Å². The number of ether oxygens (including phenoxy) is 1. The van der Waals surface area contributed by atoms with E-state index in [1.54, 1.807) is 19.0 Å². The summed E-state index contributed by atoms with van der Waals surface area (Å²) < 4.78 is 7.28. The molecular formula is C17H31IN6O2. The quantitative estimate of drug-likeness (QED) is 0.360. The van der Waals surface area contributed by atoms with Crippen LogP contribution in [0.2, 0.25) is 0 Å². The molecule has 26 heavy (non-hydrogen) atoms. The van der Waals surface area contributed by atoms with E-state index in [9.17, 15) is 4.79 Å². The number of aryl methyl sites for hydroxylation is 2. The molecule has 1 atom stereocenters. The van der Waals surface area contributed by atoms with Crippen LogP contribution in [0.1, 0.15) is 23.4 Å². The Morgan fingerprint density at radius 3 is 2.65 bits per heavy atom. The van der Waals surface area contributed by atoms with Gasteiger partial charge in [0.25, 0.3) is 0 Å². The van der Waals surface area contributed by atoms with Gasteiger partial charge in [-0.15, -0.1) is 24.0 Å². The Labute approximate surface area is 172 Å². The van der Waals surface area contributed by atoms with Crippen molar-refractivity contribution in [3.8, 4) is 0 Å². The summed E-state index contributed by atoms with van der Waals surface area (Å²) in [6.45, 7) is 7.15. The smallest absolute Gasteiger partial charge is 0.241 e. The summed E-state index contributed by atoms with van der Waals surface area (Å²) >= 11 is 0. The molecular weight excluding hydrogens is 447 g/mol. The third-order valence-electron chi connectivity index (χ3n) is 4.54. The Bertz CT molecular complexity index is 623. The van der Waals surface area contributed by atoms with Gasteiger partial charge in [0.15, 0.2) is 5.96 Å². The Balaban J connectivity index is 0.00000338. The molecule has 1 aromatic rings. The van der Waals surface area contributed by atoms with Crippen LogP contribution in [0.5, 0.6) is 0 Å². The minimum Gasteiger partial charge on any atom is -0.381 e. The zero-order valence-corrected chi connectivity index (χ0v) is 18.7. The first-order valence-electron chi connectivity index (χ1n) is 8.67. The minimum atomic E-state index is 0. The lowest BCUT2D eigenvalue weighted by Gasteiger charge is -2.16. The molecule has 2 rings (SSSR count). The van der Waals surface area contributed by atoms with Crippen LogP contribution in [0, 0.1) is 19.8 Å². The highest BCUT2D eigenvalue weighted by molar-refractivity contribution is 14.0. The molecule has 2 heterocycles. The molecule has 2 N–H and O–H groups in total. The fourth-order valence-electron chi connectivity index (χ4n) is 2.68. The van der Waals surface area contributed by atoms with Crippen molar-refractivity contribution in [1.82, 2.24) is 25.3 Å². The fraction of sp³-hybridized carbons (Fsp3) is 0.706. The second kappa shape index (κ2) is 10.7. The molecule has 9 heteroatoms. The molecule has 0 radical (unpaired) electrons. The van der Waals surface area contributed by atoms with Crippen LogP contribution in [0.3, 0.4) is 0 Å². The number of halogens is 1. The van der Waals surface area contributed by atoms with Gasteiger partial charge in [0.1, 0.15) is 0 Å². The van der Waals surface area contributed by atoms with E-state index < -0.39 is 0 Å². The maximum Gasteiger partial charge on any atom is 0.241 e. The summed E-state index contributed by atoms with van der Waals surface area (Å²) in [7, 11) is 5.42. The highest BCUT2D eigenvalue weighted by atomic mass is 127. The average Bonchev–Trinajstić information content (AvgIpc) is 3.16. The number of carbonyl (C=O) groups excluding carboxylic acids is 1. The van der Waals surface area contributed by atoms with Gasteiger partial charge in [-0.1, -0.05) is 0 Å². The number of aromatic nitrogens is 2. The van der Waals surface area contributed by atoms with E-state index in [1.807, 2.05) is 25.6 Å². The number of carbonyl (C=O) groups is 1. The molecule has 1 saturated heterocycles. The summed E-state index contributed by atoms with van der Waals surface area (Å²) in [6, 6.07) is 0. The van der Waals surface area contributed by atoms with Gasteiger partial charge in [0.05, 0.1) is 25.4 Å². The van der Waals surface area contributed by atoms with E-state index in [2.05, 4.69) is 20.7 Å². The van der Waals surface area contributed by atoms with Gasteiger partial charge in [0, 0.05) is 51.5 Å². The number of amides is 1. The molecule has 0 aliphatic carbocycles. The van der Waals surface area contributed by atoms with Gasteiger partial charge in [0.2, 0.25) is 5.91 Å². The predicted octanol–water partition coefficient (Wildman–Crippen LogP) is 0.815. The van der Waals surface area contributed by atoms with E-state index in [1.165, 1.54) is 0 Å². The first-order valence-corrected chi connectivity index (χ1v) is 8.67. The van der Waals surface area contributed by atoms with Crippen molar-refractivity contribution in [3.63, 3.8) is 0 Å². The van der Waals surface area contributed by atoms with Gasteiger partial charge >= 0.3 is 0 Å². The molecule has 0 bridgehead atoms. The summed E-state index contributed by atoms with van der Waals surface area (Å²) in [5, 5.41) is 10.9. The van der Waals surface area contributed by atoms with Crippen molar-refractivity contribution in [2.75, 3.05) is 40.4 Å². The van der Waals surface area contributed by atoms with E-state index in [0.717, 1.165) is 43.1 Å². The van der Waals surface area contributed by atoms with Gasteiger partial charge < -0.3 is 20.3 Å². The molecule has 1 unspecified atom stereocenters. The van der Waals surface area contributed by atoms with Crippen LogP contribution in [0.4, 0.5) is 0 Å². The SMILES string of the molecule is Cc1nn(C)c(C)c1CN=C(NCC(=O)N(C)C)NCC1CCOC1.I. The maximum atomic E-state index is 11.8. The fourth-order valence-corrected chi connectivity index (χ4v) is 2.68. The first-order chi connectivity index (χ1) is 11.9. The first kappa shape index (κ1) is 22.7. The van der Waals surface area contributed by atoms with Gasteiger partial charge in [-0.05, 0) is 20.3 Å². The third kappa shape index (κ3) is 6.42. The van der Waals surface area contributed by atoms with E-state index in [-0.39, 0.29) is 36.4 Å². The molecule has 1 aromatic heterocycles. The molecule has 1 aliphatic heterocycles. The van der Waals surface area contributed by atoms with Crippen LogP contribution in [0.15, 0.2) is 4.99 Å². The van der Waals surface area contributed by atoms with Crippen LogP contribution in [0.25, 0.3) is 0 Å². The zero-order valence-electron chi connectivity index (χ0n) is 16.3. The maximum absolute atomic E-state index is 11.8. The highest BCUT2D eigenvalue weighted by Gasteiger charge is 2.16. The monoisotopic (exact) mass is 478 g/mol. The molecule has 0 spiro atoms. The number of hydrogen-bond acceptors (Lipinski definition) is 4. The molecule has 1 aliphatic rings. The number of rotatable bonds is 6. The minimum absolute atomic E-state index is 0. The van der Waals surface area contributed by atoms with Crippen molar-refractivity contribution >= 4 is 35.8 Å². The number of nitrogens with one attached hydrogen (secondary N) is 2. The van der Waals surface area contributed by atoms with Crippen LogP contribution in [-0.2, 0) is 23.1 Å². The molecule has 1 amide bonds. The van der Waals surface area contributed by atoms with Gasteiger partial charge in [-0.2, -0.15) is 5.10 Å². The lowest BCUT2D eigenvalue weighted by molar-refractivity contribution is -0.127. The normalized spacial score (nSPS) is 17.0. The van der Waals surface area contributed by atoms with Gasteiger partial charge in [-0.3, -0.25) is 9.48 Å². The van der Waals surface area contributed by atoms with Crippen molar-refractivity contribution in [2.24, 2.45) is 18.0 Å². The van der Waals surface area contributed by atoms with Crippen molar-refractivity contribution < 1.29 is 9.53 Å². The van der Waals surface area contributed by atoms with Crippen molar-refractivity contribution in [3.05, 3.63) is 17.0 Å². The molecule has 0 aromatic carbocycles. The summed E-state index contributed by atoms with van der Waals surface area (Å²) in [6.07, 6.45) is 1.05. The number of hydrogen-bond donors (Lipinski definition) is 2. The summed E-state index contributed by atoms with van der Waals surface area (Å²) in [5.41, 5.74) is 3.21. The summed E-state index contributed by atoms with van der Waals surface area (Å²) in [4.78, 5) is 18.1. The number of likely N-dealkylation sites (N-methyl/N-ethyl adjacent to an activating group) is 1. The number of aliphatic imine (C=N–C) groups is 1. The number of guanidine groups is 1. The second-order valence-electron chi connectivity index (χ2n) is 6.69. The molecule has 8 nitrogen and oxygen atoms in total. The topological polar surface area (TPSA) is 83.8 Å². The Morgan fingerprint density at radius 2 is 2.12 bits per heavy atom. The lowest BCUT2D eigenvalue weighted by Crippen LogP contribution is -2.44.